The summed E-state index contributed by atoms with van der Waals surface area (Å²) in [6, 6.07) is 14.4. The van der Waals surface area contributed by atoms with Crippen LogP contribution in [0.5, 0.6) is 0 Å². The van der Waals surface area contributed by atoms with Gasteiger partial charge in [-0.05, 0) is 48.6 Å². The normalized spacial score (nSPS) is 16.8. The van der Waals surface area contributed by atoms with Gasteiger partial charge in [0.1, 0.15) is 5.65 Å². The minimum absolute atomic E-state index is 0.0173. The van der Waals surface area contributed by atoms with Crippen LogP contribution >= 0.6 is 11.6 Å². The number of halogens is 1. The first kappa shape index (κ1) is 16.9. The van der Waals surface area contributed by atoms with Crippen molar-refractivity contribution in [1.82, 2.24) is 14.3 Å². The van der Waals surface area contributed by atoms with Gasteiger partial charge in [0, 0.05) is 25.4 Å². The van der Waals surface area contributed by atoms with Crippen LogP contribution in [0.4, 0.5) is 0 Å². The Kier molecular flexibility index (Phi) is 4.51. The molecule has 0 bridgehead atoms. The number of benzene rings is 1. The Balaban J connectivity index is 1.51. The maximum atomic E-state index is 12.7. The minimum atomic E-state index is -0.0173. The Morgan fingerprint density at radius 3 is 2.85 bits per heavy atom. The van der Waals surface area contributed by atoms with E-state index in [1.165, 1.54) is 11.1 Å². The van der Waals surface area contributed by atoms with Crippen LogP contribution in [0.25, 0.3) is 11.7 Å². The standard InChI is InChI=1S/C21H20ClN3O/c1-24(17-10-9-15-6-2-3-7-16(15)14-17)20(26)12-11-18-21(22)23-19-8-4-5-13-25(18)19/h2-8,11-13,17H,9-10,14H2,1H3/b12-11+. The molecule has 1 unspecified atom stereocenters. The van der Waals surface area contributed by atoms with E-state index < -0.39 is 0 Å². The molecule has 132 valence electrons. The van der Waals surface area contributed by atoms with Crippen LogP contribution in [0.2, 0.25) is 5.15 Å². The van der Waals surface area contributed by atoms with E-state index in [9.17, 15) is 4.79 Å². The van der Waals surface area contributed by atoms with Crippen LogP contribution in [0.15, 0.2) is 54.7 Å². The quantitative estimate of drug-likeness (QED) is 0.657. The highest BCUT2D eigenvalue weighted by Crippen LogP contribution is 2.24. The van der Waals surface area contributed by atoms with E-state index >= 15 is 0 Å². The van der Waals surface area contributed by atoms with Crippen molar-refractivity contribution in [3.05, 3.63) is 76.7 Å². The van der Waals surface area contributed by atoms with Crippen molar-refractivity contribution in [2.24, 2.45) is 0 Å². The van der Waals surface area contributed by atoms with Crippen LogP contribution in [0.3, 0.4) is 0 Å². The molecule has 3 aromatic rings. The number of hydrogen-bond acceptors (Lipinski definition) is 2. The van der Waals surface area contributed by atoms with Gasteiger partial charge in [0.2, 0.25) is 5.91 Å². The van der Waals surface area contributed by atoms with Crippen LogP contribution in [-0.2, 0) is 17.6 Å². The molecular weight excluding hydrogens is 346 g/mol. The van der Waals surface area contributed by atoms with Crippen LogP contribution < -0.4 is 0 Å². The maximum Gasteiger partial charge on any atom is 0.246 e. The highest BCUT2D eigenvalue weighted by Gasteiger charge is 2.23. The van der Waals surface area contributed by atoms with Gasteiger partial charge < -0.3 is 4.90 Å². The van der Waals surface area contributed by atoms with Gasteiger partial charge in [-0.3, -0.25) is 9.20 Å². The summed E-state index contributed by atoms with van der Waals surface area (Å²) in [7, 11) is 1.88. The smallest absolute Gasteiger partial charge is 0.246 e. The molecule has 0 fully saturated rings. The molecule has 1 aliphatic carbocycles. The molecule has 0 spiro atoms. The third-order valence-corrected chi connectivity index (χ3v) is 5.40. The second kappa shape index (κ2) is 6.96. The Hall–Kier alpha value is -2.59. The first-order valence-corrected chi connectivity index (χ1v) is 9.15. The van der Waals surface area contributed by atoms with Crippen molar-refractivity contribution in [3.8, 4) is 0 Å². The zero-order valence-corrected chi connectivity index (χ0v) is 15.4. The molecule has 2 heterocycles. The van der Waals surface area contributed by atoms with Gasteiger partial charge in [-0.15, -0.1) is 0 Å². The van der Waals surface area contributed by atoms with Gasteiger partial charge in [-0.1, -0.05) is 41.9 Å². The third kappa shape index (κ3) is 3.13. The predicted molar refractivity (Wildman–Crippen MR) is 104 cm³/mol. The number of aromatic nitrogens is 2. The molecule has 0 aliphatic heterocycles. The highest BCUT2D eigenvalue weighted by molar-refractivity contribution is 6.31. The topological polar surface area (TPSA) is 37.6 Å². The number of pyridine rings is 1. The lowest BCUT2D eigenvalue weighted by molar-refractivity contribution is -0.126. The Morgan fingerprint density at radius 1 is 1.23 bits per heavy atom. The van der Waals surface area contributed by atoms with Crippen molar-refractivity contribution in [1.29, 1.82) is 0 Å². The van der Waals surface area contributed by atoms with E-state index in [2.05, 4.69) is 29.2 Å². The van der Waals surface area contributed by atoms with Crippen molar-refractivity contribution in [2.75, 3.05) is 7.05 Å². The summed E-state index contributed by atoms with van der Waals surface area (Å²) in [6.45, 7) is 0. The molecule has 2 aromatic heterocycles. The Bertz CT molecular complexity index is 992. The predicted octanol–water partition coefficient (Wildman–Crippen LogP) is 4.02. The van der Waals surface area contributed by atoms with Crippen molar-refractivity contribution >= 4 is 29.2 Å². The van der Waals surface area contributed by atoms with Crippen LogP contribution in [0, 0.1) is 0 Å². The van der Waals surface area contributed by atoms with E-state index in [-0.39, 0.29) is 11.9 Å². The second-order valence-corrected chi connectivity index (χ2v) is 7.02. The van der Waals surface area contributed by atoms with Crippen molar-refractivity contribution < 1.29 is 4.79 Å². The van der Waals surface area contributed by atoms with E-state index in [1.807, 2.05) is 40.7 Å². The molecule has 4 rings (SSSR count). The lowest BCUT2D eigenvalue weighted by atomic mass is 9.87. The van der Waals surface area contributed by atoms with Gasteiger partial charge >= 0.3 is 0 Å². The number of carbonyl (C=O) groups is 1. The Morgan fingerprint density at radius 2 is 2.00 bits per heavy atom. The number of nitrogens with zero attached hydrogens (tertiary/aromatic N) is 3. The summed E-state index contributed by atoms with van der Waals surface area (Å²) in [5, 5.41) is 0.398. The average Bonchev–Trinajstić information content (AvgIpc) is 3.00. The fourth-order valence-electron chi connectivity index (χ4n) is 3.59. The average molecular weight is 366 g/mol. The summed E-state index contributed by atoms with van der Waals surface area (Å²) < 4.78 is 1.88. The third-order valence-electron chi connectivity index (χ3n) is 5.12. The largest absolute Gasteiger partial charge is 0.339 e. The fourth-order valence-corrected chi connectivity index (χ4v) is 3.83. The van der Waals surface area contributed by atoms with Gasteiger partial charge in [-0.25, -0.2) is 4.98 Å². The summed E-state index contributed by atoms with van der Waals surface area (Å²) in [4.78, 5) is 18.8. The fraction of sp³-hybridized carbons (Fsp3) is 0.238. The molecule has 0 saturated heterocycles. The maximum absolute atomic E-state index is 12.7. The van der Waals surface area contributed by atoms with E-state index in [4.69, 9.17) is 11.6 Å². The summed E-state index contributed by atoms with van der Waals surface area (Å²) in [5.41, 5.74) is 4.23. The molecular formula is C21H20ClN3O. The number of carbonyl (C=O) groups excluding carboxylic acids is 1. The number of likely N-dealkylation sites (N-methyl/N-ethyl adjacent to an activating group) is 1. The molecule has 5 heteroatoms. The Labute approximate surface area is 157 Å². The molecule has 26 heavy (non-hydrogen) atoms. The zero-order chi connectivity index (χ0) is 18.1. The second-order valence-electron chi connectivity index (χ2n) is 6.66. The molecule has 1 amide bonds. The summed E-state index contributed by atoms with van der Waals surface area (Å²) in [5.74, 6) is -0.0173. The highest BCUT2D eigenvalue weighted by atomic mass is 35.5. The van der Waals surface area contributed by atoms with Gasteiger partial charge in [0.15, 0.2) is 5.15 Å². The van der Waals surface area contributed by atoms with E-state index in [1.54, 1.807) is 12.2 Å². The SMILES string of the molecule is CN(C(=O)/C=C/c1c(Cl)nc2ccccn12)C1CCc2ccccc2C1. The number of imidazole rings is 1. The number of hydrogen-bond donors (Lipinski definition) is 0. The lowest BCUT2D eigenvalue weighted by Crippen LogP contribution is -2.39. The minimum Gasteiger partial charge on any atom is -0.339 e. The molecule has 1 atom stereocenters. The lowest BCUT2D eigenvalue weighted by Gasteiger charge is -2.31. The van der Waals surface area contributed by atoms with E-state index in [0.717, 1.165) is 30.6 Å². The van der Waals surface area contributed by atoms with Gasteiger partial charge in [0.05, 0.1) is 5.69 Å². The van der Waals surface area contributed by atoms with Gasteiger partial charge in [-0.2, -0.15) is 0 Å². The number of aryl methyl sites for hydroxylation is 1. The van der Waals surface area contributed by atoms with Crippen molar-refractivity contribution in [3.63, 3.8) is 0 Å². The summed E-state index contributed by atoms with van der Waals surface area (Å²) >= 11 is 6.23. The summed E-state index contributed by atoms with van der Waals surface area (Å²) in [6.07, 6.45) is 8.13. The number of amides is 1. The van der Waals surface area contributed by atoms with Crippen LogP contribution in [0.1, 0.15) is 23.2 Å². The molecule has 0 radical (unpaired) electrons. The monoisotopic (exact) mass is 365 g/mol. The zero-order valence-electron chi connectivity index (χ0n) is 14.6. The molecule has 4 nitrogen and oxygen atoms in total. The van der Waals surface area contributed by atoms with E-state index in [0.29, 0.717) is 5.15 Å². The van der Waals surface area contributed by atoms with Crippen LogP contribution in [-0.4, -0.2) is 33.3 Å². The van der Waals surface area contributed by atoms with Gasteiger partial charge in [0.25, 0.3) is 0 Å². The number of rotatable bonds is 3. The number of fused-ring (bicyclic) bond motifs is 2. The first-order valence-electron chi connectivity index (χ1n) is 8.78. The first-order chi connectivity index (χ1) is 12.6. The molecule has 1 aliphatic rings. The molecule has 0 saturated carbocycles. The molecule has 1 aromatic carbocycles. The van der Waals surface area contributed by atoms with Crippen molar-refractivity contribution in [2.45, 2.75) is 25.3 Å². The molecule has 0 N–H and O–H groups in total.